The predicted octanol–water partition coefficient (Wildman–Crippen LogP) is 5.26. The number of pyridine rings is 1. The van der Waals surface area contributed by atoms with Crippen molar-refractivity contribution in [3.63, 3.8) is 0 Å². The van der Waals surface area contributed by atoms with Crippen LogP contribution in [0.5, 0.6) is 5.75 Å². The first-order valence-electron chi connectivity index (χ1n) is 18.7. The summed E-state index contributed by atoms with van der Waals surface area (Å²) in [6.45, 7) is 7.18. The zero-order valence-corrected chi connectivity index (χ0v) is 30.7. The highest BCUT2D eigenvalue weighted by atomic mass is 32.1. The molecule has 51 heavy (non-hydrogen) atoms. The number of rotatable bonds is 13. The van der Waals surface area contributed by atoms with Gasteiger partial charge in [-0.2, -0.15) is 13.5 Å². The molecule has 274 valence electrons. The lowest BCUT2D eigenvalue weighted by molar-refractivity contribution is -0.132. The number of oxazole rings is 1. The molecule has 1 spiro atoms. The predicted molar refractivity (Wildman–Crippen MR) is 200 cm³/mol. The molecule has 11 nitrogen and oxygen atoms in total. The largest absolute Gasteiger partial charge is 0.486 e. The Balaban J connectivity index is 0.00000406. The first kappa shape index (κ1) is 35.8. The first-order valence-corrected chi connectivity index (χ1v) is 18.7. The lowest BCUT2D eigenvalue weighted by Gasteiger charge is -2.54. The number of carbonyl (C=O) groups is 2. The SMILES string of the molecule is Cc1ncoc1COc1ccc2c(c1)CCN(C[C@@H](O)CCC(=O)c1cc(NC3CC4(CCC4)C3)nc(N3CCN(C(=O)C4CC4)CC3)c1)C2.S. The summed E-state index contributed by atoms with van der Waals surface area (Å²) in [5.41, 5.74) is 4.52. The minimum atomic E-state index is -0.599. The minimum Gasteiger partial charge on any atom is -0.486 e. The quantitative estimate of drug-likeness (QED) is 0.227. The number of hydrogen-bond acceptors (Lipinski definition) is 10. The van der Waals surface area contributed by atoms with Gasteiger partial charge in [-0.3, -0.25) is 14.5 Å². The van der Waals surface area contributed by atoms with E-state index < -0.39 is 6.10 Å². The number of nitrogens with zero attached hydrogens (tertiary/aromatic N) is 5. The topological polar surface area (TPSA) is 124 Å². The third-order valence-electron chi connectivity index (χ3n) is 11.8. The number of ether oxygens (including phenoxy) is 1. The summed E-state index contributed by atoms with van der Waals surface area (Å²) in [5, 5.41) is 14.7. The van der Waals surface area contributed by atoms with Crippen LogP contribution in [0.1, 0.15) is 90.7 Å². The van der Waals surface area contributed by atoms with Gasteiger partial charge < -0.3 is 29.4 Å². The Morgan fingerprint density at radius 3 is 2.59 bits per heavy atom. The van der Waals surface area contributed by atoms with E-state index in [0.717, 1.165) is 61.2 Å². The molecule has 3 saturated carbocycles. The van der Waals surface area contributed by atoms with Gasteiger partial charge in [0.1, 0.15) is 24.0 Å². The van der Waals surface area contributed by atoms with Crippen molar-refractivity contribution in [2.45, 2.75) is 96.4 Å². The van der Waals surface area contributed by atoms with E-state index in [9.17, 15) is 14.7 Å². The Hall–Kier alpha value is -3.61. The van der Waals surface area contributed by atoms with Crippen molar-refractivity contribution in [3.05, 3.63) is 64.9 Å². The number of aryl methyl sites for hydroxylation is 1. The molecule has 0 unspecified atom stereocenters. The van der Waals surface area contributed by atoms with E-state index in [4.69, 9.17) is 14.1 Å². The van der Waals surface area contributed by atoms with Crippen molar-refractivity contribution < 1.29 is 23.8 Å². The molecule has 2 aromatic heterocycles. The summed E-state index contributed by atoms with van der Waals surface area (Å²) in [6, 6.07) is 10.4. The summed E-state index contributed by atoms with van der Waals surface area (Å²) in [5.74, 6) is 3.65. The van der Waals surface area contributed by atoms with Crippen LogP contribution >= 0.6 is 13.5 Å². The number of β-amino-alcohol motifs (C(OH)–C–C–N with tert-alkyl or cyclic N) is 1. The fraction of sp³-hybridized carbons (Fsp3) is 0.590. The van der Waals surface area contributed by atoms with Gasteiger partial charge in [-0.25, -0.2) is 9.97 Å². The number of anilines is 2. The van der Waals surface area contributed by atoms with E-state index in [1.165, 1.54) is 49.6 Å². The Morgan fingerprint density at radius 2 is 1.88 bits per heavy atom. The number of fused-ring (bicyclic) bond motifs is 1. The van der Waals surface area contributed by atoms with Crippen molar-refractivity contribution in [1.29, 1.82) is 0 Å². The van der Waals surface area contributed by atoms with E-state index in [1.807, 2.05) is 30.0 Å². The number of benzene rings is 1. The number of Topliss-reactive ketones (excluding diaryl/α,β-unsaturated/α-hetero) is 1. The molecular weight excluding hydrogens is 665 g/mol. The maximum atomic E-state index is 13.6. The molecule has 3 aromatic rings. The second-order valence-corrected chi connectivity index (χ2v) is 15.5. The van der Waals surface area contributed by atoms with E-state index in [-0.39, 0.29) is 31.6 Å². The molecule has 1 aromatic carbocycles. The molecule has 4 heterocycles. The van der Waals surface area contributed by atoms with Crippen LogP contribution in [0.25, 0.3) is 0 Å². The highest BCUT2D eigenvalue weighted by molar-refractivity contribution is 7.59. The number of aliphatic hydroxyl groups excluding tert-OH is 1. The number of carbonyl (C=O) groups excluding carboxylic acids is 2. The lowest BCUT2D eigenvalue weighted by atomic mass is 9.54. The van der Waals surface area contributed by atoms with Gasteiger partial charge in [0.05, 0.1) is 11.8 Å². The van der Waals surface area contributed by atoms with Gasteiger partial charge in [-0.05, 0) is 99.1 Å². The van der Waals surface area contributed by atoms with E-state index in [2.05, 4.69) is 32.2 Å². The maximum absolute atomic E-state index is 13.6. The summed E-state index contributed by atoms with van der Waals surface area (Å²) in [7, 11) is 0. The van der Waals surface area contributed by atoms with Crippen LogP contribution in [0.3, 0.4) is 0 Å². The molecule has 4 fully saturated rings. The fourth-order valence-corrected chi connectivity index (χ4v) is 8.32. The van der Waals surface area contributed by atoms with Crippen molar-refractivity contribution in [3.8, 4) is 5.75 Å². The monoisotopic (exact) mass is 716 g/mol. The Morgan fingerprint density at radius 1 is 1.08 bits per heavy atom. The van der Waals surface area contributed by atoms with Gasteiger partial charge in [-0.15, -0.1) is 0 Å². The zero-order chi connectivity index (χ0) is 34.2. The zero-order valence-electron chi connectivity index (χ0n) is 29.7. The van der Waals surface area contributed by atoms with Gasteiger partial charge >= 0.3 is 0 Å². The molecule has 2 N–H and O–H groups in total. The molecule has 3 aliphatic carbocycles. The highest BCUT2D eigenvalue weighted by Gasteiger charge is 2.48. The average molecular weight is 717 g/mol. The molecule has 5 aliphatic rings. The molecule has 12 heteroatoms. The Bertz CT molecular complexity index is 1710. The Labute approximate surface area is 307 Å². The summed E-state index contributed by atoms with van der Waals surface area (Å²) < 4.78 is 11.3. The summed E-state index contributed by atoms with van der Waals surface area (Å²) >= 11 is 0. The molecule has 8 rings (SSSR count). The average Bonchev–Trinajstić information content (AvgIpc) is 3.87. The van der Waals surface area contributed by atoms with Gasteiger partial charge in [0.25, 0.3) is 0 Å². The lowest BCUT2D eigenvalue weighted by Crippen LogP contribution is -2.50. The maximum Gasteiger partial charge on any atom is 0.225 e. The van der Waals surface area contributed by atoms with Crippen LogP contribution in [0.4, 0.5) is 11.6 Å². The fourth-order valence-electron chi connectivity index (χ4n) is 8.32. The number of ketones is 1. The van der Waals surface area contributed by atoms with Gasteiger partial charge in [-0.1, -0.05) is 12.5 Å². The molecule has 1 amide bonds. The number of aliphatic hydroxyl groups is 1. The number of nitrogens with one attached hydrogen (secondary N) is 1. The third-order valence-corrected chi connectivity index (χ3v) is 11.8. The van der Waals surface area contributed by atoms with E-state index in [1.54, 1.807) is 0 Å². The van der Waals surface area contributed by atoms with E-state index in [0.29, 0.717) is 68.7 Å². The van der Waals surface area contributed by atoms with Crippen molar-refractivity contribution >= 4 is 36.8 Å². The number of amides is 1. The smallest absolute Gasteiger partial charge is 0.225 e. The summed E-state index contributed by atoms with van der Waals surface area (Å²) in [4.78, 5) is 41.9. The number of aromatic nitrogens is 2. The minimum absolute atomic E-state index is 0. The van der Waals surface area contributed by atoms with Crippen LogP contribution < -0.4 is 15.0 Å². The van der Waals surface area contributed by atoms with Crippen LogP contribution in [0, 0.1) is 18.3 Å². The third kappa shape index (κ3) is 8.23. The highest BCUT2D eigenvalue weighted by Crippen LogP contribution is 2.56. The molecule has 0 bridgehead atoms. The number of piperazine rings is 1. The van der Waals surface area contributed by atoms with Gasteiger partial charge in [0, 0.05) is 69.8 Å². The van der Waals surface area contributed by atoms with Crippen LogP contribution in [0.15, 0.2) is 41.1 Å². The molecular formula is C39H52N6O5S. The normalized spacial score (nSPS) is 20.5. The van der Waals surface area contributed by atoms with Crippen LogP contribution in [0.2, 0.25) is 0 Å². The number of hydrogen-bond donors (Lipinski definition) is 2. The molecule has 1 atom stereocenters. The first-order chi connectivity index (χ1) is 24.3. The van der Waals surface area contributed by atoms with Gasteiger partial charge in [0.15, 0.2) is 17.9 Å². The van der Waals surface area contributed by atoms with Crippen molar-refractivity contribution in [2.75, 3.05) is 49.5 Å². The Kier molecular flexibility index (Phi) is 10.6. The molecule has 0 radical (unpaired) electrons. The molecule has 1 saturated heterocycles. The van der Waals surface area contributed by atoms with Crippen molar-refractivity contribution in [1.82, 2.24) is 19.8 Å². The second-order valence-electron chi connectivity index (χ2n) is 15.5. The van der Waals surface area contributed by atoms with Crippen molar-refractivity contribution in [2.24, 2.45) is 11.3 Å². The van der Waals surface area contributed by atoms with Crippen LogP contribution in [-0.2, 0) is 24.4 Å². The van der Waals surface area contributed by atoms with Gasteiger partial charge in [0.2, 0.25) is 5.91 Å². The van der Waals surface area contributed by atoms with E-state index >= 15 is 0 Å². The molecule has 2 aliphatic heterocycles. The second kappa shape index (κ2) is 15.2. The summed E-state index contributed by atoms with van der Waals surface area (Å²) in [6.07, 6.45) is 10.8. The standard InChI is InChI=1S/C39H50N6O5.H2S/c1-26-35(50-25-40-26)24-49-33-7-5-29-22-43(12-9-28(29)17-33)23-32(46)6-8-34(47)30-18-36(41-31-20-39(21-31)10-2-11-39)42-37(19-30)44-13-15-45(16-14-44)38(48)27-3-4-27;/h5,7,17-19,25,27,31-32,46H,2-4,6,8-16,20-24H2,1H3,(H,41,42);1H2/t32-;/m0./s1. The van der Waals surface area contributed by atoms with Crippen LogP contribution in [-0.4, -0.2) is 88.0 Å².